The zero-order chi connectivity index (χ0) is 17.0. The lowest BCUT2D eigenvalue weighted by Crippen LogP contribution is -2.11. The number of carbonyl (C=O) groups excluding carboxylic acids is 1. The first-order chi connectivity index (χ1) is 10.8. The van der Waals surface area contributed by atoms with Crippen LogP contribution in [-0.4, -0.2) is 20.6 Å². The van der Waals surface area contributed by atoms with Gasteiger partial charge in [-0.3, -0.25) is 4.79 Å². The first-order valence-corrected chi connectivity index (χ1v) is 9.16. The van der Waals surface area contributed by atoms with Crippen LogP contribution < -0.4 is 5.32 Å². The molecule has 0 radical (unpaired) electrons. The van der Waals surface area contributed by atoms with Crippen LogP contribution in [-0.2, 0) is 14.6 Å². The fourth-order valence-corrected chi connectivity index (χ4v) is 3.26. The molecule has 0 saturated carbocycles. The number of halogens is 2. The topological polar surface area (TPSA) is 63.2 Å². The molecule has 1 amide bonds. The van der Waals surface area contributed by atoms with E-state index in [4.69, 9.17) is 23.2 Å². The summed E-state index contributed by atoms with van der Waals surface area (Å²) in [6.07, 6.45) is 3.80. The summed E-state index contributed by atoms with van der Waals surface area (Å²) in [5.74, 6) is -0.489. The van der Waals surface area contributed by atoms with Crippen LogP contribution >= 0.6 is 23.2 Å². The molecule has 0 aliphatic rings. The summed E-state index contributed by atoms with van der Waals surface area (Å²) < 4.78 is 23.4. The Morgan fingerprint density at radius 3 is 2.26 bits per heavy atom. The molecule has 4 nitrogen and oxygen atoms in total. The van der Waals surface area contributed by atoms with Crippen molar-refractivity contribution in [3.63, 3.8) is 0 Å². The molecule has 0 fully saturated rings. The molecule has 23 heavy (non-hydrogen) atoms. The molecule has 0 heterocycles. The van der Waals surface area contributed by atoms with Gasteiger partial charge >= 0.3 is 0 Å². The second-order valence-corrected chi connectivity index (χ2v) is 7.52. The molecule has 120 valence electrons. The van der Waals surface area contributed by atoms with Gasteiger partial charge in [0.05, 0.1) is 10.6 Å². The number of rotatable bonds is 4. The van der Waals surface area contributed by atoms with Crippen molar-refractivity contribution in [3.8, 4) is 0 Å². The van der Waals surface area contributed by atoms with Gasteiger partial charge in [-0.1, -0.05) is 41.4 Å². The average Bonchev–Trinajstić information content (AvgIpc) is 2.46. The number of hydrogen-bond acceptors (Lipinski definition) is 3. The third-order valence-electron chi connectivity index (χ3n) is 2.95. The minimum atomic E-state index is -3.44. The summed E-state index contributed by atoms with van der Waals surface area (Å²) in [6, 6.07) is 11.2. The SMILES string of the molecule is CS(=O)(=O)c1ccccc1NC(=O)/C=C/c1c(Cl)cccc1Cl. The Labute approximate surface area is 144 Å². The number of amides is 1. The van der Waals surface area contributed by atoms with Gasteiger partial charge in [-0.05, 0) is 30.3 Å². The monoisotopic (exact) mass is 369 g/mol. The maximum Gasteiger partial charge on any atom is 0.248 e. The maximum absolute atomic E-state index is 12.0. The van der Waals surface area contributed by atoms with Crippen molar-refractivity contribution >= 4 is 50.7 Å². The summed E-state index contributed by atoms with van der Waals surface area (Å²) in [5, 5.41) is 3.36. The highest BCUT2D eigenvalue weighted by Gasteiger charge is 2.13. The lowest BCUT2D eigenvalue weighted by atomic mass is 10.2. The van der Waals surface area contributed by atoms with Gasteiger partial charge in [0.25, 0.3) is 0 Å². The number of hydrogen-bond donors (Lipinski definition) is 1. The predicted octanol–water partition coefficient (Wildman–Crippen LogP) is 4.05. The normalized spacial score (nSPS) is 11.6. The fraction of sp³-hybridized carbons (Fsp3) is 0.0625. The van der Waals surface area contributed by atoms with E-state index < -0.39 is 15.7 Å². The molecule has 0 saturated heterocycles. The number of benzene rings is 2. The van der Waals surface area contributed by atoms with Crippen LogP contribution in [0.15, 0.2) is 53.4 Å². The lowest BCUT2D eigenvalue weighted by molar-refractivity contribution is -0.111. The Morgan fingerprint density at radius 2 is 1.65 bits per heavy atom. The van der Waals surface area contributed by atoms with E-state index in [0.29, 0.717) is 15.6 Å². The first kappa shape index (κ1) is 17.5. The Kier molecular flexibility index (Phi) is 5.46. The number of nitrogens with one attached hydrogen (secondary N) is 1. The molecular formula is C16H13Cl2NO3S. The molecular weight excluding hydrogens is 357 g/mol. The van der Waals surface area contributed by atoms with Gasteiger partial charge in [0.1, 0.15) is 0 Å². The van der Waals surface area contributed by atoms with Gasteiger partial charge in [0.2, 0.25) is 5.91 Å². The Morgan fingerprint density at radius 1 is 1.04 bits per heavy atom. The second-order valence-electron chi connectivity index (χ2n) is 4.73. The van der Waals surface area contributed by atoms with Crippen molar-refractivity contribution in [2.24, 2.45) is 0 Å². The first-order valence-electron chi connectivity index (χ1n) is 6.51. The molecule has 0 aliphatic carbocycles. The van der Waals surface area contributed by atoms with Crippen LogP contribution in [0, 0.1) is 0 Å². The minimum absolute atomic E-state index is 0.0533. The van der Waals surface area contributed by atoms with Crippen LogP contribution in [0.4, 0.5) is 5.69 Å². The summed E-state index contributed by atoms with van der Waals surface area (Å²) in [4.78, 5) is 12.1. The molecule has 7 heteroatoms. The highest BCUT2D eigenvalue weighted by Crippen LogP contribution is 2.25. The van der Waals surface area contributed by atoms with Gasteiger partial charge < -0.3 is 5.32 Å². The van der Waals surface area contributed by atoms with E-state index in [1.165, 1.54) is 24.3 Å². The zero-order valence-corrected chi connectivity index (χ0v) is 14.4. The van der Waals surface area contributed by atoms with E-state index in [1.807, 2.05) is 0 Å². The fourth-order valence-electron chi connectivity index (χ4n) is 1.90. The molecule has 0 atom stereocenters. The molecule has 0 aromatic heterocycles. The van der Waals surface area contributed by atoms with Crippen LogP contribution in [0.3, 0.4) is 0 Å². The molecule has 0 unspecified atom stereocenters. The summed E-state index contributed by atoms with van der Waals surface area (Å²) in [7, 11) is -3.44. The summed E-state index contributed by atoms with van der Waals surface area (Å²) in [6.45, 7) is 0. The van der Waals surface area contributed by atoms with Crippen molar-refractivity contribution < 1.29 is 13.2 Å². The van der Waals surface area contributed by atoms with Gasteiger partial charge in [-0.2, -0.15) is 0 Å². The van der Waals surface area contributed by atoms with Gasteiger partial charge in [-0.15, -0.1) is 0 Å². The van der Waals surface area contributed by atoms with E-state index in [9.17, 15) is 13.2 Å². The average molecular weight is 370 g/mol. The molecule has 2 aromatic rings. The maximum atomic E-state index is 12.0. The number of anilines is 1. The molecule has 2 aromatic carbocycles. The van der Waals surface area contributed by atoms with E-state index in [-0.39, 0.29) is 10.6 Å². The molecule has 0 bridgehead atoms. The minimum Gasteiger partial charge on any atom is -0.321 e. The van der Waals surface area contributed by atoms with E-state index in [0.717, 1.165) is 6.26 Å². The summed E-state index contributed by atoms with van der Waals surface area (Å²) >= 11 is 12.0. The highest BCUT2D eigenvalue weighted by molar-refractivity contribution is 7.90. The van der Waals surface area contributed by atoms with Gasteiger partial charge in [-0.25, -0.2) is 8.42 Å². The largest absolute Gasteiger partial charge is 0.321 e. The quantitative estimate of drug-likeness (QED) is 0.826. The summed E-state index contributed by atoms with van der Waals surface area (Å²) in [5.41, 5.74) is 0.734. The highest BCUT2D eigenvalue weighted by atomic mass is 35.5. The smallest absolute Gasteiger partial charge is 0.248 e. The van der Waals surface area contributed by atoms with E-state index in [2.05, 4.69) is 5.32 Å². The number of para-hydroxylation sites is 1. The van der Waals surface area contributed by atoms with E-state index >= 15 is 0 Å². The van der Waals surface area contributed by atoms with Gasteiger partial charge in [0.15, 0.2) is 9.84 Å². The molecule has 0 spiro atoms. The Bertz CT molecular complexity index is 856. The third kappa shape index (κ3) is 4.58. The second kappa shape index (κ2) is 7.17. The van der Waals surface area contributed by atoms with Crippen molar-refractivity contribution in [2.45, 2.75) is 4.90 Å². The van der Waals surface area contributed by atoms with Crippen LogP contribution in [0.25, 0.3) is 6.08 Å². The van der Waals surface area contributed by atoms with Crippen molar-refractivity contribution in [1.82, 2.24) is 0 Å². The van der Waals surface area contributed by atoms with Crippen molar-refractivity contribution in [3.05, 3.63) is 64.1 Å². The van der Waals surface area contributed by atoms with Crippen LogP contribution in [0.1, 0.15) is 5.56 Å². The molecule has 1 N–H and O–H groups in total. The zero-order valence-electron chi connectivity index (χ0n) is 12.1. The molecule has 2 rings (SSSR count). The molecule has 0 aliphatic heterocycles. The van der Waals surface area contributed by atoms with Crippen molar-refractivity contribution in [2.75, 3.05) is 11.6 Å². The van der Waals surface area contributed by atoms with E-state index in [1.54, 1.807) is 30.3 Å². The number of carbonyl (C=O) groups is 1. The Balaban J connectivity index is 2.23. The number of sulfone groups is 1. The lowest BCUT2D eigenvalue weighted by Gasteiger charge is -2.08. The van der Waals surface area contributed by atoms with Gasteiger partial charge in [0, 0.05) is 27.9 Å². The van der Waals surface area contributed by atoms with Crippen LogP contribution in [0.2, 0.25) is 10.0 Å². The third-order valence-corrected chi connectivity index (χ3v) is 4.76. The predicted molar refractivity (Wildman–Crippen MR) is 93.7 cm³/mol. The van der Waals surface area contributed by atoms with Crippen LogP contribution in [0.5, 0.6) is 0 Å². The van der Waals surface area contributed by atoms with Crippen molar-refractivity contribution in [1.29, 1.82) is 0 Å². The Hall–Kier alpha value is -1.82. The standard InChI is InChI=1S/C16H13Cl2NO3S/c1-23(21,22)15-8-3-2-7-14(15)19-16(20)10-9-11-12(17)5-4-6-13(11)18/h2-10H,1H3,(H,19,20)/b10-9+.